The van der Waals surface area contributed by atoms with E-state index in [0.29, 0.717) is 13.0 Å². The molecule has 1 unspecified atom stereocenters. The highest BCUT2D eigenvalue weighted by molar-refractivity contribution is 4.93. The van der Waals surface area contributed by atoms with Crippen molar-refractivity contribution >= 4 is 0 Å². The summed E-state index contributed by atoms with van der Waals surface area (Å²) in [7, 11) is 1.50. The number of halogens is 3. The average molecular weight is 239 g/mol. The quantitative estimate of drug-likeness (QED) is 0.835. The van der Waals surface area contributed by atoms with Gasteiger partial charge in [-0.1, -0.05) is 5.16 Å². The van der Waals surface area contributed by atoms with Crippen molar-refractivity contribution in [2.75, 3.05) is 13.7 Å². The highest BCUT2D eigenvalue weighted by atomic mass is 19.4. The van der Waals surface area contributed by atoms with Gasteiger partial charge in [0.25, 0.3) is 0 Å². The maximum absolute atomic E-state index is 12.0. The van der Waals surface area contributed by atoms with Crippen LogP contribution in [0.15, 0.2) is 4.52 Å². The molecule has 0 aliphatic carbocycles. The third kappa shape index (κ3) is 4.15. The summed E-state index contributed by atoms with van der Waals surface area (Å²) in [6.45, 7) is 0.373. The van der Waals surface area contributed by atoms with Crippen LogP contribution in [-0.4, -0.2) is 30.0 Å². The number of methoxy groups -OCH3 is 1. The van der Waals surface area contributed by atoms with Gasteiger partial charge in [-0.25, -0.2) is 0 Å². The number of aromatic nitrogens is 2. The van der Waals surface area contributed by atoms with E-state index in [2.05, 4.69) is 14.7 Å². The third-order valence-electron chi connectivity index (χ3n) is 1.79. The SMILES string of the molecule is COCCC(N)c1nc(CC(F)(F)F)no1. The van der Waals surface area contributed by atoms with E-state index in [1.54, 1.807) is 0 Å². The number of hydrogen-bond donors (Lipinski definition) is 1. The van der Waals surface area contributed by atoms with Gasteiger partial charge in [0, 0.05) is 13.7 Å². The van der Waals surface area contributed by atoms with Gasteiger partial charge in [-0.05, 0) is 6.42 Å². The molecule has 0 saturated heterocycles. The normalized spacial score (nSPS) is 14.1. The molecule has 92 valence electrons. The molecule has 0 amide bonds. The predicted octanol–water partition coefficient (Wildman–Crippen LogP) is 1.21. The summed E-state index contributed by atoms with van der Waals surface area (Å²) >= 11 is 0. The van der Waals surface area contributed by atoms with Gasteiger partial charge in [0.15, 0.2) is 5.82 Å². The van der Waals surface area contributed by atoms with E-state index in [1.807, 2.05) is 0 Å². The van der Waals surface area contributed by atoms with E-state index < -0.39 is 24.5 Å². The molecule has 1 heterocycles. The Labute approximate surface area is 89.8 Å². The Morgan fingerprint density at radius 3 is 2.75 bits per heavy atom. The summed E-state index contributed by atoms with van der Waals surface area (Å²) in [6.07, 6.45) is -5.16. The third-order valence-corrected chi connectivity index (χ3v) is 1.79. The molecule has 0 radical (unpaired) electrons. The van der Waals surface area contributed by atoms with Gasteiger partial charge in [0.1, 0.15) is 6.42 Å². The van der Waals surface area contributed by atoms with E-state index in [4.69, 9.17) is 10.5 Å². The smallest absolute Gasteiger partial charge is 0.385 e. The van der Waals surface area contributed by atoms with Crippen molar-refractivity contribution in [2.24, 2.45) is 5.73 Å². The van der Waals surface area contributed by atoms with Gasteiger partial charge in [-0.3, -0.25) is 0 Å². The zero-order valence-electron chi connectivity index (χ0n) is 8.62. The summed E-state index contributed by atoms with van der Waals surface area (Å²) < 4.78 is 45.3. The zero-order chi connectivity index (χ0) is 12.2. The lowest BCUT2D eigenvalue weighted by Gasteiger charge is -2.04. The molecule has 0 aliphatic heterocycles. The van der Waals surface area contributed by atoms with Crippen molar-refractivity contribution in [1.82, 2.24) is 10.1 Å². The Morgan fingerprint density at radius 2 is 2.19 bits per heavy atom. The Morgan fingerprint density at radius 1 is 1.50 bits per heavy atom. The van der Waals surface area contributed by atoms with Crippen LogP contribution in [0.3, 0.4) is 0 Å². The molecular weight excluding hydrogens is 227 g/mol. The number of hydrogen-bond acceptors (Lipinski definition) is 5. The van der Waals surface area contributed by atoms with Crippen molar-refractivity contribution in [3.63, 3.8) is 0 Å². The maximum atomic E-state index is 12.0. The molecule has 5 nitrogen and oxygen atoms in total. The summed E-state index contributed by atoms with van der Waals surface area (Å²) in [5.74, 6) is -0.410. The van der Waals surface area contributed by atoms with Gasteiger partial charge in [0.05, 0.1) is 6.04 Å². The Hall–Kier alpha value is -1.15. The lowest BCUT2D eigenvalue weighted by Crippen LogP contribution is -2.15. The van der Waals surface area contributed by atoms with Crippen molar-refractivity contribution in [3.8, 4) is 0 Å². The van der Waals surface area contributed by atoms with Gasteiger partial charge in [0.2, 0.25) is 5.89 Å². The lowest BCUT2D eigenvalue weighted by molar-refractivity contribution is -0.128. The molecule has 1 rings (SSSR count). The van der Waals surface area contributed by atoms with Crippen LogP contribution in [0.25, 0.3) is 0 Å². The van der Waals surface area contributed by atoms with Crippen molar-refractivity contribution in [1.29, 1.82) is 0 Å². The monoisotopic (exact) mass is 239 g/mol. The molecule has 0 fully saturated rings. The molecule has 2 N–H and O–H groups in total. The molecule has 0 spiro atoms. The predicted molar refractivity (Wildman–Crippen MR) is 47.5 cm³/mol. The first-order valence-electron chi connectivity index (χ1n) is 4.56. The average Bonchev–Trinajstić information content (AvgIpc) is 2.59. The van der Waals surface area contributed by atoms with Crippen LogP contribution in [0.5, 0.6) is 0 Å². The number of nitrogens with two attached hydrogens (primary N) is 1. The van der Waals surface area contributed by atoms with Crippen LogP contribution >= 0.6 is 0 Å². The second kappa shape index (κ2) is 5.26. The number of ether oxygens (including phenoxy) is 1. The molecular formula is C8H12F3N3O2. The van der Waals surface area contributed by atoms with Crippen LogP contribution in [0, 0.1) is 0 Å². The standard InChI is InChI=1S/C8H12F3N3O2/c1-15-3-2-5(12)7-13-6(14-16-7)4-8(9,10)11/h5H,2-4,12H2,1H3. The fourth-order valence-corrected chi connectivity index (χ4v) is 1.04. The van der Waals surface area contributed by atoms with E-state index in [0.717, 1.165) is 0 Å². The Balaban J connectivity index is 2.57. The van der Waals surface area contributed by atoms with Crippen molar-refractivity contribution in [2.45, 2.75) is 25.1 Å². The van der Waals surface area contributed by atoms with Gasteiger partial charge in [-0.15, -0.1) is 0 Å². The number of alkyl halides is 3. The van der Waals surface area contributed by atoms with Crippen LogP contribution in [0.2, 0.25) is 0 Å². The highest BCUT2D eigenvalue weighted by Crippen LogP contribution is 2.20. The van der Waals surface area contributed by atoms with Gasteiger partial charge >= 0.3 is 6.18 Å². The molecule has 8 heteroatoms. The van der Waals surface area contributed by atoms with Gasteiger partial charge in [-0.2, -0.15) is 18.2 Å². The molecule has 1 aromatic rings. The largest absolute Gasteiger partial charge is 0.396 e. The molecule has 0 aliphatic rings. The molecule has 0 aromatic carbocycles. The van der Waals surface area contributed by atoms with E-state index >= 15 is 0 Å². The summed E-state index contributed by atoms with van der Waals surface area (Å²) in [5, 5.41) is 3.20. The summed E-state index contributed by atoms with van der Waals surface area (Å²) in [6, 6.07) is -0.602. The topological polar surface area (TPSA) is 74.2 Å². The zero-order valence-corrected chi connectivity index (χ0v) is 8.62. The fraction of sp³-hybridized carbons (Fsp3) is 0.750. The molecule has 1 aromatic heterocycles. The second-order valence-corrected chi connectivity index (χ2v) is 3.23. The van der Waals surface area contributed by atoms with Crippen LogP contribution in [-0.2, 0) is 11.2 Å². The second-order valence-electron chi connectivity index (χ2n) is 3.23. The summed E-state index contributed by atoms with van der Waals surface area (Å²) in [4.78, 5) is 3.57. The minimum Gasteiger partial charge on any atom is -0.385 e. The number of nitrogens with zero attached hydrogens (tertiary/aromatic N) is 2. The molecule has 1 atom stereocenters. The molecule has 0 bridgehead atoms. The van der Waals surface area contributed by atoms with Crippen LogP contribution < -0.4 is 5.73 Å². The van der Waals surface area contributed by atoms with Gasteiger partial charge < -0.3 is 15.0 Å². The lowest BCUT2D eigenvalue weighted by atomic mass is 10.2. The van der Waals surface area contributed by atoms with Crippen LogP contribution in [0.4, 0.5) is 13.2 Å². The fourth-order valence-electron chi connectivity index (χ4n) is 1.04. The van der Waals surface area contributed by atoms with Crippen molar-refractivity contribution < 1.29 is 22.4 Å². The first-order valence-corrected chi connectivity index (χ1v) is 4.56. The van der Waals surface area contributed by atoms with Crippen LogP contribution in [0.1, 0.15) is 24.2 Å². The first-order chi connectivity index (χ1) is 7.42. The number of rotatable bonds is 5. The molecule has 16 heavy (non-hydrogen) atoms. The Bertz CT molecular complexity index is 327. The molecule has 0 saturated carbocycles. The highest BCUT2D eigenvalue weighted by Gasteiger charge is 2.31. The van der Waals surface area contributed by atoms with E-state index in [9.17, 15) is 13.2 Å². The maximum Gasteiger partial charge on any atom is 0.396 e. The minimum absolute atomic E-state index is 0.00343. The Kier molecular flexibility index (Phi) is 4.25. The van der Waals surface area contributed by atoms with E-state index in [-0.39, 0.29) is 5.89 Å². The summed E-state index contributed by atoms with van der Waals surface area (Å²) in [5.41, 5.74) is 5.60. The van der Waals surface area contributed by atoms with Crippen molar-refractivity contribution in [3.05, 3.63) is 11.7 Å². The minimum atomic E-state index is -4.35. The van der Waals surface area contributed by atoms with E-state index in [1.165, 1.54) is 7.11 Å². The first kappa shape index (κ1) is 12.9.